The Morgan fingerprint density at radius 3 is 2.76 bits per heavy atom. The van der Waals surface area contributed by atoms with Crippen LogP contribution < -0.4 is 10.3 Å². The van der Waals surface area contributed by atoms with Crippen molar-refractivity contribution < 1.29 is 4.74 Å². The molecule has 88 valence electrons. The predicted octanol–water partition coefficient (Wildman–Crippen LogP) is 2.67. The third kappa shape index (κ3) is 2.74. The Morgan fingerprint density at radius 1 is 1.35 bits per heavy atom. The lowest BCUT2D eigenvalue weighted by atomic mass is 10.1. The summed E-state index contributed by atoms with van der Waals surface area (Å²) in [6.07, 6.45) is 1.15. The highest BCUT2D eigenvalue weighted by atomic mass is 79.9. The third-order valence-electron chi connectivity index (χ3n) is 2.32. The standard InChI is InChI=1S/C12H11BrN2O2/c1-8(9-5-3-2-4-6-9)17-12-10(13)11(16)14-7-15-12/h2-8H,1H3,(H,14,15,16). The number of hydrogen-bond donors (Lipinski definition) is 1. The zero-order valence-corrected chi connectivity index (χ0v) is 10.8. The molecule has 0 fully saturated rings. The third-order valence-corrected chi connectivity index (χ3v) is 3.02. The largest absolute Gasteiger partial charge is 0.469 e. The van der Waals surface area contributed by atoms with Crippen LogP contribution in [0.15, 0.2) is 45.9 Å². The lowest BCUT2D eigenvalue weighted by Gasteiger charge is -2.14. The number of nitrogens with zero attached hydrogens (tertiary/aromatic N) is 1. The fraction of sp³-hybridized carbons (Fsp3) is 0.167. The number of aromatic amines is 1. The van der Waals surface area contributed by atoms with Crippen molar-refractivity contribution in [1.29, 1.82) is 0 Å². The van der Waals surface area contributed by atoms with Gasteiger partial charge in [-0.05, 0) is 28.4 Å². The van der Waals surface area contributed by atoms with Gasteiger partial charge < -0.3 is 9.72 Å². The van der Waals surface area contributed by atoms with Gasteiger partial charge in [0, 0.05) is 0 Å². The number of halogens is 1. The molecule has 0 bridgehead atoms. The summed E-state index contributed by atoms with van der Waals surface area (Å²) < 4.78 is 5.94. The molecule has 0 aliphatic heterocycles. The molecular formula is C12H11BrN2O2. The molecule has 4 nitrogen and oxygen atoms in total. The van der Waals surface area contributed by atoms with E-state index in [0.717, 1.165) is 5.56 Å². The Kier molecular flexibility index (Phi) is 3.58. The number of aromatic nitrogens is 2. The summed E-state index contributed by atoms with van der Waals surface area (Å²) in [4.78, 5) is 17.8. The summed E-state index contributed by atoms with van der Waals surface area (Å²) in [6.45, 7) is 1.91. The molecule has 2 rings (SSSR count). The molecule has 17 heavy (non-hydrogen) atoms. The fourth-order valence-electron chi connectivity index (χ4n) is 1.41. The highest BCUT2D eigenvalue weighted by Gasteiger charge is 2.12. The molecule has 0 aliphatic rings. The zero-order valence-electron chi connectivity index (χ0n) is 9.18. The van der Waals surface area contributed by atoms with E-state index in [1.165, 1.54) is 6.33 Å². The second-order valence-corrected chi connectivity index (χ2v) is 4.31. The average Bonchev–Trinajstić information content (AvgIpc) is 2.36. The van der Waals surface area contributed by atoms with Crippen molar-refractivity contribution >= 4 is 15.9 Å². The number of benzene rings is 1. The van der Waals surface area contributed by atoms with E-state index >= 15 is 0 Å². The molecule has 1 heterocycles. The van der Waals surface area contributed by atoms with E-state index in [9.17, 15) is 4.79 Å². The van der Waals surface area contributed by atoms with Gasteiger partial charge in [-0.15, -0.1) is 0 Å². The second-order valence-electron chi connectivity index (χ2n) is 3.52. The normalized spacial score (nSPS) is 12.1. The molecule has 1 N–H and O–H groups in total. The number of nitrogens with one attached hydrogen (secondary N) is 1. The van der Waals surface area contributed by atoms with Gasteiger partial charge in [-0.3, -0.25) is 4.79 Å². The summed E-state index contributed by atoms with van der Waals surface area (Å²) in [5, 5.41) is 0. The van der Waals surface area contributed by atoms with Crippen molar-refractivity contribution in [3.63, 3.8) is 0 Å². The first kappa shape index (κ1) is 11.9. The molecule has 1 aromatic carbocycles. The van der Waals surface area contributed by atoms with Crippen molar-refractivity contribution in [1.82, 2.24) is 9.97 Å². The molecule has 1 aromatic heterocycles. The van der Waals surface area contributed by atoms with E-state index in [2.05, 4.69) is 25.9 Å². The van der Waals surface area contributed by atoms with Gasteiger partial charge in [-0.25, -0.2) is 4.98 Å². The van der Waals surface area contributed by atoms with Crippen molar-refractivity contribution in [2.24, 2.45) is 0 Å². The van der Waals surface area contributed by atoms with Gasteiger partial charge in [0.05, 0.1) is 6.33 Å². The topological polar surface area (TPSA) is 55.0 Å². The average molecular weight is 295 g/mol. The highest BCUT2D eigenvalue weighted by Crippen LogP contribution is 2.23. The first-order valence-corrected chi connectivity index (χ1v) is 5.92. The zero-order chi connectivity index (χ0) is 12.3. The first-order valence-electron chi connectivity index (χ1n) is 5.13. The summed E-state index contributed by atoms with van der Waals surface area (Å²) in [6, 6.07) is 9.75. The van der Waals surface area contributed by atoms with E-state index in [1.807, 2.05) is 37.3 Å². The minimum Gasteiger partial charge on any atom is -0.469 e. The molecule has 0 saturated carbocycles. The lowest BCUT2D eigenvalue weighted by molar-refractivity contribution is 0.215. The molecule has 0 spiro atoms. The maximum absolute atomic E-state index is 11.3. The molecule has 0 aliphatic carbocycles. The Hall–Kier alpha value is -1.62. The summed E-state index contributed by atoms with van der Waals surface area (Å²) in [5.41, 5.74) is 0.775. The van der Waals surface area contributed by atoms with Crippen LogP contribution in [0.5, 0.6) is 5.88 Å². The van der Waals surface area contributed by atoms with Gasteiger partial charge in [-0.1, -0.05) is 30.3 Å². The fourth-order valence-corrected chi connectivity index (χ4v) is 1.72. The van der Waals surface area contributed by atoms with Gasteiger partial charge in [0.1, 0.15) is 10.6 Å². The molecule has 2 aromatic rings. The second kappa shape index (κ2) is 5.14. The number of H-pyrrole nitrogens is 1. The lowest BCUT2D eigenvalue weighted by Crippen LogP contribution is -2.12. The smallest absolute Gasteiger partial charge is 0.268 e. The summed E-state index contributed by atoms with van der Waals surface area (Å²) in [5.74, 6) is 0.296. The van der Waals surface area contributed by atoms with E-state index in [4.69, 9.17) is 4.74 Å². The van der Waals surface area contributed by atoms with Gasteiger partial charge >= 0.3 is 0 Å². The van der Waals surface area contributed by atoms with Gasteiger partial charge in [0.15, 0.2) is 0 Å². The van der Waals surface area contributed by atoms with E-state index in [0.29, 0.717) is 10.4 Å². The number of rotatable bonds is 3. The highest BCUT2D eigenvalue weighted by molar-refractivity contribution is 9.10. The SMILES string of the molecule is CC(Oc1nc[nH]c(=O)c1Br)c1ccccc1. The Balaban J connectivity index is 2.22. The molecule has 0 radical (unpaired) electrons. The number of ether oxygens (including phenoxy) is 1. The molecule has 1 atom stereocenters. The molecule has 0 amide bonds. The minimum atomic E-state index is -0.254. The van der Waals surface area contributed by atoms with Crippen LogP contribution in [0.4, 0.5) is 0 Å². The van der Waals surface area contributed by atoms with Crippen LogP contribution in [0, 0.1) is 0 Å². The Labute approximate surface area is 107 Å². The summed E-state index contributed by atoms with van der Waals surface area (Å²) >= 11 is 3.15. The van der Waals surface area contributed by atoms with Crippen molar-refractivity contribution in [3.05, 3.63) is 57.0 Å². The van der Waals surface area contributed by atoms with Crippen molar-refractivity contribution in [3.8, 4) is 5.88 Å². The van der Waals surface area contributed by atoms with Gasteiger partial charge in [0.25, 0.3) is 5.56 Å². The Bertz CT molecular complexity index is 554. The van der Waals surface area contributed by atoms with Crippen LogP contribution in [0.3, 0.4) is 0 Å². The quantitative estimate of drug-likeness (QED) is 0.947. The summed E-state index contributed by atoms with van der Waals surface area (Å²) in [7, 11) is 0. The van der Waals surface area contributed by atoms with Gasteiger partial charge in [0.2, 0.25) is 5.88 Å². The van der Waals surface area contributed by atoms with E-state index in [1.54, 1.807) is 0 Å². The molecular weight excluding hydrogens is 284 g/mol. The monoisotopic (exact) mass is 294 g/mol. The van der Waals surface area contributed by atoms with Crippen LogP contribution in [0.25, 0.3) is 0 Å². The molecule has 5 heteroatoms. The van der Waals surface area contributed by atoms with Crippen molar-refractivity contribution in [2.75, 3.05) is 0 Å². The maximum atomic E-state index is 11.3. The van der Waals surface area contributed by atoms with Crippen LogP contribution in [0.2, 0.25) is 0 Å². The first-order chi connectivity index (χ1) is 8.18. The molecule has 0 saturated heterocycles. The van der Waals surface area contributed by atoms with Crippen LogP contribution >= 0.6 is 15.9 Å². The van der Waals surface area contributed by atoms with Crippen molar-refractivity contribution in [2.45, 2.75) is 13.0 Å². The van der Waals surface area contributed by atoms with Crippen LogP contribution in [-0.4, -0.2) is 9.97 Å². The van der Waals surface area contributed by atoms with E-state index < -0.39 is 0 Å². The van der Waals surface area contributed by atoms with Crippen LogP contribution in [0.1, 0.15) is 18.6 Å². The van der Waals surface area contributed by atoms with Crippen LogP contribution in [-0.2, 0) is 0 Å². The maximum Gasteiger partial charge on any atom is 0.268 e. The minimum absolute atomic E-state index is 0.165. The Morgan fingerprint density at radius 2 is 2.06 bits per heavy atom. The predicted molar refractivity (Wildman–Crippen MR) is 68.0 cm³/mol. The van der Waals surface area contributed by atoms with Gasteiger partial charge in [-0.2, -0.15) is 0 Å². The molecule has 1 unspecified atom stereocenters. The van der Waals surface area contributed by atoms with E-state index in [-0.39, 0.29) is 11.7 Å². The number of hydrogen-bond acceptors (Lipinski definition) is 3.